The molecular formula is C19H18N4O3. The molecule has 2 aromatic heterocycles. The van der Waals surface area contributed by atoms with Crippen LogP contribution in [0.15, 0.2) is 53.3 Å². The molecule has 132 valence electrons. The van der Waals surface area contributed by atoms with E-state index in [9.17, 15) is 4.79 Å². The lowest BCUT2D eigenvalue weighted by Crippen LogP contribution is -2.38. The number of carbonyl (C=O) groups excluding carboxylic acids is 1. The minimum Gasteiger partial charge on any atom is -0.492 e. The molecule has 7 nitrogen and oxygen atoms in total. The van der Waals surface area contributed by atoms with E-state index in [0.717, 1.165) is 16.9 Å². The molecule has 1 aromatic carbocycles. The first-order valence-electron chi connectivity index (χ1n) is 8.39. The van der Waals surface area contributed by atoms with Crippen LogP contribution in [0.2, 0.25) is 0 Å². The number of carbonyl (C=O) groups is 1. The molecular weight excluding hydrogens is 332 g/mol. The molecule has 0 radical (unpaired) electrons. The molecule has 7 heteroatoms. The Balaban J connectivity index is 1.42. The Morgan fingerprint density at radius 3 is 3.00 bits per heavy atom. The second kappa shape index (κ2) is 6.95. The Morgan fingerprint density at radius 2 is 2.15 bits per heavy atom. The molecule has 0 N–H and O–H groups in total. The molecule has 0 saturated carbocycles. The van der Waals surface area contributed by atoms with Crippen molar-refractivity contribution in [3.63, 3.8) is 0 Å². The summed E-state index contributed by atoms with van der Waals surface area (Å²) in [5.74, 6) is 1.49. The highest BCUT2D eigenvalue weighted by molar-refractivity contribution is 5.79. The van der Waals surface area contributed by atoms with Gasteiger partial charge in [0.25, 0.3) is 0 Å². The van der Waals surface area contributed by atoms with E-state index >= 15 is 0 Å². The number of fused-ring (bicyclic) bond motifs is 1. The zero-order valence-corrected chi connectivity index (χ0v) is 14.3. The summed E-state index contributed by atoms with van der Waals surface area (Å²) in [4.78, 5) is 22.7. The fraction of sp³-hybridized carbons (Fsp3) is 0.263. The number of amides is 1. The number of rotatable bonds is 4. The van der Waals surface area contributed by atoms with Gasteiger partial charge >= 0.3 is 0 Å². The minimum absolute atomic E-state index is 0.000584. The third kappa shape index (κ3) is 3.28. The number of benzene rings is 1. The van der Waals surface area contributed by atoms with Crippen LogP contribution in [-0.4, -0.2) is 39.6 Å². The van der Waals surface area contributed by atoms with Crippen LogP contribution in [0.4, 0.5) is 0 Å². The van der Waals surface area contributed by atoms with Gasteiger partial charge in [-0.05, 0) is 30.2 Å². The molecule has 1 aliphatic rings. The van der Waals surface area contributed by atoms with Crippen molar-refractivity contribution < 1.29 is 14.1 Å². The van der Waals surface area contributed by atoms with Crippen molar-refractivity contribution in [2.75, 3.05) is 13.7 Å². The third-order valence-corrected chi connectivity index (χ3v) is 4.36. The maximum Gasteiger partial charge on any atom is 0.246 e. The quantitative estimate of drug-likeness (QED) is 0.718. The van der Waals surface area contributed by atoms with Crippen molar-refractivity contribution in [3.05, 3.63) is 60.2 Å². The number of pyridine rings is 1. The first-order valence-corrected chi connectivity index (χ1v) is 8.39. The zero-order chi connectivity index (χ0) is 17.9. The highest BCUT2D eigenvalue weighted by Crippen LogP contribution is 2.27. The van der Waals surface area contributed by atoms with Gasteiger partial charge in [-0.2, -0.15) is 4.98 Å². The molecule has 1 amide bonds. The van der Waals surface area contributed by atoms with Crippen molar-refractivity contribution >= 4 is 5.91 Å². The molecule has 0 aliphatic carbocycles. The predicted molar refractivity (Wildman–Crippen MR) is 93.1 cm³/mol. The molecule has 0 bridgehead atoms. The summed E-state index contributed by atoms with van der Waals surface area (Å²) in [7, 11) is 1.73. The van der Waals surface area contributed by atoms with Crippen LogP contribution in [0.25, 0.3) is 11.4 Å². The number of hydrogen-bond acceptors (Lipinski definition) is 6. The minimum atomic E-state index is -0.212. The Labute approximate surface area is 150 Å². The van der Waals surface area contributed by atoms with Gasteiger partial charge in [0.2, 0.25) is 17.6 Å². The van der Waals surface area contributed by atoms with Crippen LogP contribution in [0.1, 0.15) is 11.5 Å². The Kier molecular flexibility index (Phi) is 4.35. The molecule has 3 heterocycles. The average Bonchev–Trinajstić information content (AvgIpc) is 3.16. The van der Waals surface area contributed by atoms with Gasteiger partial charge in [0.15, 0.2) is 0 Å². The summed E-state index contributed by atoms with van der Waals surface area (Å²) in [5, 5.41) is 3.95. The first-order chi connectivity index (χ1) is 12.7. The van der Waals surface area contributed by atoms with E-state index in [-0.39, 0.29) is 18.4 Å². The largest absolute Gasteiger partial charge is 0.492 e. The summed E-state index contributed by atoms with van der Waals surface area (Å²) in [6.45, 7) is 0.634. The van der Waals surface area contributed by atoms with Gasteiger partial charge in [-0.3, -0.25) is 9.78 Å². The number of ether oxygens (including phenoxy) is 1. The van der Waals surface area contributed by atoms with Gasteiger partial charge in [0, 0.05) is 25.0 Å². The van der Waals surface area contributed by atoms with Gasteiger partial charge in [-0.25, -0.2) is 0 Å². The summed E-state index contributed by atoms with van der Waals surface area (Å²) in [5.41, 5.74) is 1.83. The molecule has 3 aromatic rings. The number of hydrogen-bond donors (Lipinski definition) is 0. The van der Waals surface area contributed by atoms with E-state index in [2.05, 4.69) is 15.1 Å². The monoisotopic (exact) mass is 350 g/mol. The first kappa shape index (κ1) is 16.3. The van der Waals surface area contributed by atoms with Gasteiger partial charge in [-0.1, -0.05) is 23.4 Å². The van der Waals surface area contributed by atoms with Gasteiger partial charge in [0.1, 0.15) is 12.4 Å². The molecule has 0 spiro atoms. The van der Waals surface area contributed by atoms with Crippen molar-refractivity contribution in [2.45, 2.75) is 13.0 Å². The van der Waals surface area contributed by atoms with E-state index in [1.165, 1.54) is 0 Å². The molecule has 26 heavy (non-hydrogen) atoms. The molecule has 1 aliphatic heterocycles. The van der Waals surface area contributed by atoms with E-state index in [4.69, 9.17) is 9.26 Å². The van der Waals surface area contributed by atoms with Crippen molar-refractivity contribution in [1.29, 1.82) is 0 Å². The standard InChI is InChI=1S/C19H18N4O3/c1-23(11-17-21-18(22-26-17)14-6-4-8-20-10-14)19(24)15-9-13-5-2-3-7-16(13)25-12-15/h2-8,10,15H,9,11-12H2,1H3/t15-/m0/s1. The van der Waals surface area contributed by atoms with Gasteiger partial charge in [0.05, 0.1) is 12.5 Å². The van der Waals surface area contributed by atoms with Crippen molar-refractivity contribution in [3.8, 4) is 17.1 Å². The smallest absolute Gasteiger partial charge is 0.246 e. The fourth-order valence-corrected chi connectivity index (χ4v) is 3.01. The summed E-state index contributed by atoms with van der Waals surface area (Å²) >= 11 is 0. The zero-order valence-electron chi connectivity index (χ0n) is 14.3. The number of nitrogens with zero attached hydrogens (tertiary/aromatic N) is 4. The predicted octanol–water partition coefficient (Wildman–Crippen LogP) is 2.34. The lowest BCUT2D eigenvalue weighted by Gasteiger charge is -2.27. The Hall–Kier alpha value is -3.22. The van der Waals surface area contributed by atoms with Crippen LogP contribution in [-0.2, 0) is 17.8 Å². The van der Waals surface area contributed by atoms with E-state index in [1.54, 1.807) is 24.3 Å². The third-order valence-electron chi connectivity index (χ3n) is 4.36. The average molecular weight is 350 g/mol. The van der Waals surface area contributed by atoms with Crippen molar-refractivity contribution in [1.82, 2.24) is 20.0 Å². The molecule has 0 unspecified atom stereocenters. The Bertz CT molecular complexity index is 910. The SMILES string of the molecule is CN(Cc1nc(-c2cccnc2)no1)C(=O)[C@@H]1COc2ccccc2C1. The van der Waals surface area contributed by atoms with E-state index in [1.807, 2.05) is 36.4 Å². The summed E-state index contributed by atoms with van der Waals surface area (Å²) in [6, 6.07) is 11.5. The lowest BCUT2D eigenvalue weighted by molar-refractivity contribution is -0.136. The van der Waals surface area contributed by atoms with Gasteiger partial charge < -0.3 is 14.2 Å². The maximum atomic E-state index is 12.7. The topological polar surface area (TPSA) is 81.4 Å². The normalized spacial score (nSPS) is 15.8. The summed E-state index contributed by atoms with van der Waals surface area (Å²) in [6.07, 6.45) is 4.02. The van der Waals surface area contributed by atoms with Crippen LogP contribution in [0.3, 0.4) is 0 Å². The van der Waals surface area contributed by atoms with Crippen LogP contribution in [0, 0.1) is 5.92 Å². The molecule has 4 rings (SSSR count). The van der Waals surface area contributed by atoms with Crippen molar-refractivity contribution in [2.24, 2.45) is 5.92 Å². The maximum absolute atomic E-state index is 12.7. The van der Waals surface area contributed by atoms with Crippen LogP contribution < -0.4 is 4.74 Å². The highest BCUT2D eigenvalue weighted by Gasteiger charge is 2.28. The summed E-state index contributed by atoms with van der Waals surface area (Å²) < 4.78 is 11.0. The number of para-hydroxylation sites is 1. The second-order valence-electron chi connectivity index (χ2n) is 6.27. The molecule has 1 atom stereocenters. The van der Waals surface area contributed by atoms with Crippen LogP contribution >= 0.6 is 0 Å². The van der Waals surface area contributed by atoms with Crippen LogP contribution in [0.5, 0.6) is 5.75 Å². The number of aromatic nitrogens is 3. The van der Waals surface area contributed by atoms with E-state index < -0.39 is 0 Å². The Morgan fingerprint density at radius 1 is 1.27 bits per heavy atom. The fourth-order valence-electron chi connectivity index (χ4n) is 3.01. The second-order valence-corrected chi connectivity index (χ2v) is 6.27. The molecule has 0 saturated heterocycles. The highest BCUT2D eigenvalue weighted by atomic mass is 16.5. The van der Waals surface area contributed by atoms with Gasteiger partial charge in [-0.15, -0.1) is 0 Å². The van der Waals surface area contributed by atoms with E-state index in [0.29, 0.717) is 24.7 Å². The molecule has 0 fully saturated rings. The lowest BCUT2D eigenvalue weighted by atomic mass is 9.95.